The predicted molar refractivity (Wildman–Crippen MR) is 53.2 cm³/mol. The van der Waals surface area contributed by atoms with E-state index in [9.17, 15) is 0 Å². The number of nitrogens with zero attached hydrogens (tertiary/aromatic N) is 2. The summed E-state index contributed by atoms with van der Waals surface area (Å²) in [6.45, 7) is 7.82. The van der Waals surface area contributed by atoms with Crippen molar-refractivity contribution in [2.75, 3.05) is 0 Å². The molecule has 1 rings (SSSR count). The van der Waals surface area contributed by atoms with E-state index in [1.807, 2.05) is 6.08 Å². The van der Waals surface area contributed by atoms with Crippen LogP contribution >= 0.6 is 0 Å². The van der Waals surface area contributed by atoms with Crippen molar-refractivity contribution >= 4 is 0 Å². The van der Waals surface area contributed by atoms with Crippen molar-refractivity contribution in [2.45, 2.75) is 25.9 Å². The first-order valence-corrected chi connectivity index (χ1v) is 4.38. The molecule has 0 saturated heterocycles. The molecule has 1 heterocycles. The third-order valence-corrected chi connectivity index (χ3v) is 1.89. The fourth-order valence-electron chi connectivity index (χ4n) is 1.08. The van der Waals surface area contributed by atoms with Gasteiger partial charge in [-0.3, -0.25) is 9.97 Å². The standard InChI is InChI=1S/C10H15N3/c1-4-8(2)13-9(3)10-7-11-5-6-12-10/h4-9,13H,1H2,2-3H3. The molecule has 0 aromatic carbocycles. The number of nitrogens with one attached hydrogen (secondary N) is 1. The highest BCUT2D eigenvalue weighted by molar-refractivity contribution is 5.02. The van der Waals surface area contributed by atoms with E-state index in [2.05, 4.69) is 35.7 Å². The van der Waals surface area contributed by atoms with E-state index in [-0.39, 0.29) is 12.1 Å². The third kappa shape index (κ3) is 2.95. The molecule has 1 aromatic heterocycles. The first kappa shape index (κ1) is 9.86. The molecule has 0 amide bonds. The molecule has 2 unspecified atom stereocenters. The van der Waals surface area contributed by atoms with Crippen LogP contribution in [0.1, 0.15) is 25.6 Å². The van der Waals surface area contributed by atoms with Gasteiger partial charge in [-0.15, -0.1) is 6.58 Å². The van der Waals surface area contributed by atoms with E-state index in [1.54, 1.807) is 18.6 Å². The van der Waals surface area contributed by atoms with Gasteiger partial charge in [0.2, 0.25) is 0 Å². The lowest BCUT2D eigenvalue weighted by Crippen LogP contribution is -2.27. The van der Waals surface area contributed by atoms with Gasteiger partial charge in [0.25, 0.3) is 0 Å². The van der Waals surface area contributed by atoms with Crippen molar-refractivity contribution in [3.63, 3.8) is 0 Å². The van der Waals surface area contributed by atoms with Crippen LogP contribution in [0.2, 0.25) is 0 Å². The van der Waals surface area contributed by atoms with Crippen LogP contribution in [-0.2, 0) is 0 Å². The maximum absolute atomic E-state index is 4.21. The summed E-state index contributed by atoms with van der Waals surface area (Å²) in [6, 6.07) is 0.499. The summed E-state index contributed by atoms with van der Waals surface area (Å²) in [5.41, 5.74) is 0.955. The summed E-state index contributed by atoms with van der Waals surface area (Å²) in [7, 11) is 0. The van der Waals surface area contributed by atoms with Crippen LogP contribution in [0.15, 0.2) is 31.2 Å². The molecule has 0 aliphatic rings. The number of hydrogen-bond donors (Lipinski definition) is 1. The van der Waals surface area contributed by atoms with Gasteiger partial charge in [-0.2, -0.15) is 0 Å². The van der Waals surface area contributed by atoms with Gasteiger partial charge in [0.15, 0.2) is 0 Å². The molecule has 0 spiro atoms. The fourth-order valence-corrected chi connectivity index (χ4v) is 1.08. The zero-order chi connectivity index (χ0) is 9.68. The Morgan fingerprint density at radius 1 is 1.46 bits per heavy atom. The second kappa shape index (κ2) is 4.72. The van der Waals surface area contributed by atoms with Crippen molar-refractivity contribution in [1.29, 1.82) is 0 Å². The Balaban J connectivity index is 2.58. The Hall–Kier alpha value is -1.22. The molecule has 0 radical (unpaired) electrons. The maximum Gasteiger partial charge on any atom is 0.0753 e. The number of aromatic nitrogens is 2. The van der Waals surface area contributed by atoms with Gasteiger partial charge >= 0.3 is 0 Å². The van der Waals surface area contributed by atoms with Crippen molar-refractivity contribution < 1.29 is 0 Å². The zero-order valence-electron chi connectivity index (χ0n) is 8.07. The minimum absolute atomic E-state index is 0.210. The lowest BCUT2D eigenvalue weighted by atomic mass is 10.2. The van der Waals surface area contributed by atoms with E-state index in [1.165, 1.54) is 0 Å². The molecule has 70 valence electrons. The molecule has 3 nitrogen and oxygen atoms in total. The quantitative estimate of drug-likeness (QED) is 0.711. The monoisotopic (exact) mass is 177 g/mol. The molecule has 3 heteroatoms. The van der Waals surface area contributed by atoms with Gasteiger partial charge in [0.05, 0.1) is 5.69 Å². The highest BCUT2D eigenvalue weighted by atomic mass is 15.0. The Morgan fingerprint density at radius 2 is 2.23 bits per heavy atom. The molecular weight excluding hydrogens is 162 g/mol. The summed E-state index contributed by atoms with van der Waals surface area (Å²) in [6.07, 6.45) is 7.01. The van der Waals surface area contributed by atoms with Crippen LogP contribution in [0.5, 0.6) is 0 Å². The summed E-state index contributed by atoms with van der Waals surface area (Å²) < 4.78 is 0. The summed E-state index contributed by atoms with van der Waals surface area (Å²) in [4.78, 5) is 8.22. The Morgan fingerprint density at radius 3 is 2.77 bits per heavy atom. The van der Waals surface area contributed by atoms with Crippen LogP contribution in [0.4, 0.5) is 0 Å². The van der Waals surface area contributed by atoms with E-state index >= 15 is 0 Å². The van der Waals surface area contributed by atoms with Gasteiger partial charge in [-0.1, -0.05) is 6.08 Å². The van der Waals surface area contributed by atoms with Crippen LogP contribution < -0.4 is 5.32 Å². The molecule has 1 N–H and O–H groups in total. The van der Waals surface area contributed by atoms with Crippen molar-refractivity contribution in [3.05, 3.63) is 36.9 Å². The molecule has 13 heavy (non-hydrogen) atoms. The van der Waals surface area contributed by atoms with Crippen molar-refractivity contribution in [2.24, 2.45) is 0 Å². The van der Waals surface area contributed by atoms with E-state index in [4.69, 9.17) is 0 Å². The van der Waals surface area contributed by atoms with Gasteiger partial charge in [-0.05, 0) is 13.8 Å². The molecule has 0 aliphatic carbocycles. The second-order valence-electron chi connectivity index (χ2n) is 3.04. The van der Waals surface area contributed by atoms with Crippen LogP contribution in [0.3, 0.4) is 0 Å². The minimum Gasteiger partial charge on any atom is -0.303 e. The highest BCUT2D eigenvalue weighted by Gasteiger charge is 2.07. The zero-order valence-corrected chi connectivity index (χ0v) is 8.07. The van der Waals surface area contributed by atoms with Gasteiger partial charge in [-0.25, -0.2) is 0 Å². The van der Waals surface area contributed by atoms with Gasteiger partial charge in [0, 0.05) is 30.7 Å². The fraction of sp³-hybridized carbons (Fsp3) is 0.400. The summed E-state index contributed by atoms with van der Waals surface area (Å²) in [5, 5.41) is 3.33. The molecule has 0 aliphatic heterocycles. The van der Waals surface area contributed by atoms with Crippen molar-refractivity contribution in [3.8, 4) is 0 Å². The smallest absolute Gasteiger partial charge is 0.0753 e. The molecule has 0 fully saturated rings. The SMILES string of the molecule is C=CC(C)NC(C)c1cnccn1. The first-order valence-electron chi connectivity index (χ1n) is 4.38. The van der Waals surface area contributed by atoms with Gasteiger partial charge in [0.1, 0.15) is 0 Å². The van der Waals surface area contributed by atoms with Crippen LogP contribution in [0, 0.1) is 0 Å². The number of hydrogen-bond acceptors (Lipinski definition) is 3. The summed E-state index contributed by atoms with van der Waals surface area (Å²) in [5.74, 6) is 0. The Bertz CT molecular complexity index is 258. The normalized spacial score (nSPS) is 14.9. The van der Waals surface area contributed by atoms with E-state index in [0.717, 1.165) is 5.69 Å². The topological polar surface area (TPSA) is 37.8 Å². The largest absolute Gasteiger partial charge is 0.303 e. The Labute approximate surface area is 78.9 Å². The third-order valence-electron chi connectivity index (χ3n) is 1.89. The average Bonchev–Trinajstić information content (AvgIpc) is 2.19. The van der Waals surface area contributed by atoms with E-state index < -0.39 is 0 Å². The number of rotatable bonds is 4. The molecule has 0 bridgehead atoms. The highest BCUT2D eigenvalue weighted by Crippen LogP contribution is 2.07. The molecular formula is C10H15N3. The lowest BCUT2D eigenvalue weighted by molar-refractivity contribution is 0.525. The molecule has 1 aromatic rings. The minimum atomic E-state index is 0.210. The average molecular weight is 177 g/mol. The van der Waals surface area contributed by atoms with Gasteiger partial charge < -0.3 is 5.32 Å². The predicted octanol–water partition coefficient (Wildman–Crippen LogP) is 1.70. The van der Waals surface area contributed by atoms with Crippen LogP contribution in [-0.4, -0.2) is 16.0 Å². The lowest BCUT2D eigenvalue weighted by Gasteiger charge is -2.15. The molecule has 0 saturated carbocycles. The second-order valence-corrected chi connectivity index (χ2v) is 3.04. The van der Waals surface area contributed by atoms with Crippen molar-refractivity contribution in [1.82, 2.24) is 15.3 Å². The molecule has 2 atom stereocenters. The first-order chi connectivity index (χ1) is 6.24. The summed E-state index contributed by atoms with van der Waals surface area (Å²) >= 11 is 0. The van der Waals surface area contributed by atoms with Crippen LogP contribution in [0.25, 0.3) is 0 Å². The maximum atomic E-state index is 4.21. The Kier molecular flexibility index (Phi) is 3.58. The van der Waals surface area contributed by atoms with E-state index in [0.29, 0.717) is 0 Å².